The van der Waals surface area contributed by atoms with Gasteiger partial charge in [0, 0.05) is 17.0 Å². The first kappa shape index (κ1) is 17.8. The summed E-state index contributed by atoms with van der Waals surface area (Å²) in [4.78, 5) is 5.73. The standard InChI is InChI=1S/C17H20N4O2S2/c1-10-7-5-6-8-14(10)17-19-11(2)15(24-17)9-18-25(22,23)16-12(3)20-21-13(16)4/h5-8,18H,9H2,1-4H3,(H,20,21). The molecule has 3 rings (SSSR count). The molecule has 2 aromatic heterocycles. The van der Waals surface area contributed by atoms with Gasteiger partial charge in [-0.05, 0) is 33.3 Å². The third kappa shape index (κ3) is 3.51. The van der Waals surface area contributed by atoms with Gasteiger partial charge in [0.05, 0.1) is 17.1 Å². The van der Waals surface area contributed by atoms with Crippen molar-refractivity contribution in [2.24, 2.45) is 0 Å². The van der Waals surface area contributed by atoms with Crippen LogP contribution in [0.1, 0.15) is 27.5 Å². The largest absolute Gasteiger partial charge is 0.281 e. The Bertz CT molecular complexity index is 1000. The van der Waals surface area contributed by atoms with Gasteiger partial charge in [-0.15, -0.1) is 11.3 Å². The molecule has 0 aliphatic heterocycles. The molecule has 0 saturated carbocycles. The van der Waals surface area contributed by atoms with Crippen LogP contribution in [-0.4, -0.2) is 23.6 Å². The van der Waals surface area contributed by atoms with E-state index in [9.17, 15) is 8.42 Å². The lowest BCUT2D eigenvalue weighted by atomic mass is 10.1. The van der Waals surface area contributed by atoms with Crippen molar-refractivity contribution in [3.63, 3.8) is 0 Å². The fourth-order valence-corrected chi connectivity index (χ4v) is 5.24. The van der Waals surface area contributed by atoms with E-state index in [0.29, 0.717) is 11.4 Å². The molecule has 6 nitrogen and oxygen atoms in total. The normalized spacial score (nSPS) is 11.8. The van der Waals surface area contributed by atoms with Gasteiger partial charge in [0.2, 0.25) is 10.0 Å². The quantitative estimate of drug-likeness (QED) is 0.715. The Balaban J connectivity index is 1.84. The number of hydrogen-bond acceptors (Lipinski definition) is 5. The number of rotatable bonds is 5. The first-order valence-electron chi connectivity index (χ1n) is 7.83. The molecule has 0 fully saturated rings. The van der Waals surface area contributed by atoms with Crippen molar-refractivity contribution in [3.05, 3.63) is 51.8 Å². The highest BCUT2D eigenvalue weighted by molar-refractivity contribution is 7.89. The Morgan fingerprint density at radius 1 is 1.12 bits per heavy atom. The molecule has 25 heavy (non-hydrogen) atoms. The SMILES string of the molecule is Cc1ccccc1-c1nc(C)c(CNS(=O)(=O)c2c(C)n[nH]c2C)s1. The summed E-state index contributed by atoms with van der Waals surface area (Å²) in [6.45, 7) is 7.52. The lowest BCUT2D eigenvalue weighted by molar-refractivity contribution is 0.580. The number of nitrogens with one attached hydrogen (secondary N) is 2. The molecule has 0 bridgehead atoms. The molecule has 0 atom stereocenters. The maximum Gasteiger partial charge on any atom is 0.244 e. The first-order valence-corrected chi connectivity index (χ1v) is 10.1. The summed E-state index contributed by atoms with van der Waals surface area (Å²) < 4.78 is 27.8. The van der Waals surface area contributed by atoms with Crippen molar-refractivity contribution in [2.45, 2.75) is 39.1 Å². The third-order valence-corrected chi connectivity index (χ3v) is 6.87. The molecule has 0 saturated heterocycles. The molecule has 0 unspecified atom stereocenters. The maximum atomic E-state index is 12.6. The Hall–Kier alpha value is -2.03. The van der Waals surface area contributed by atoms with Crippen LogP contribution in [0.2, 0.25) is 0 Å². The topological polar surface area (TPSA) is 87.7 Å². The summed E-state index contributed by atoms with van der Waals surface area (Å²) >= 11 is 1.51. The maximum absolute atomic E-state index is 12.6. The van der Waals surface area contributed by atoms with Gasteiger partial charge < -0.3 is 0 Å². The molecule has 1 aromatic carbocycles. The number of nitrogens with zero attached hydrogens (tertiary/aromatic N) is 2. The van der Waals surface area contributed by atoms with Crippen molar-refractivity contribution in [2.75, 3.05) is 0 Å². The highest BCUT2D eigenvalue weighted by Crippen LogP contribution is 2.30. The van der Waals surface area contributed by atoms with Crippen molar-refractivity contribution >= 4 is 21.4 Å². The average molecular weight is 377 g/mol. The Kier molecular flexibility index (Phi) is 4.77. The van der Waals surface area contributed by atoms with Gasteiger partial charge in [0.15, 0.2) is 0 Å². The fraction of sp³-hybridized carbons (Fsp3) is 0.294. The lowest BCUT2D eigenvalue weighted by Crippen LogP contribution is -2.24. The van der Waals surface area contributed by atoms with E-state index >= 15 is 0 Å². The number of benzene rings is 1. The average Bonchev–Trinajstić information content (AvgIpc) is 3.08. The van der Waals surface area contributed by atoms with Crippen LogP contribution >= 0.6 is 11.3 Å². The second-order valence-corrected chi connectivity index (χ2v) is 8.72. The number of aromatic nitrogens is 3. The van der Waals surface area contributed by atoms with Crippen molar-refractivity contribution < 1.29 is 8.42 Å². The van der Waals surface area contributed by atoms with Crippen molar-refractivity contribution in [1.82, 2.24) is 19.9 Å². The van der Waals surface area contributed by atoms with Crippen LogP contribution in [0.4, 0.5) is 0 Å². The molecular weight excluding hydrogens is 356 g/mol. The Morgan fingerprint density at radius 2 is 1.84 bits per heavy atom. The summed E-state index contributed by atoms with van der Waals surface area (Å²) in [5.41, 5.74) is 4.06. The van der Waals surface area contributed by atoms with E-state index < -0.39 is 10.0 Å². The number of thiazole rings is 1. The van der Waals surface area contributed by atoms with Crippen LogP contribution in [0, 0.1) is 27.7 Å². The predicted molar refractivity (Wildman–Crippen MR) is 99.1 cm³/mol. The van der Waals surface area contributed by atoms with Gasteiger partial charge >= 0.3 is 0 Å². The molecule has 2 heterocycles. The van der Waals surface area contributed by atoms with E-state index in [1.165, 1.54) is 11.3 Å². The van der Waals surface area contributed by atoms with Crippen LogP contribution in [0.25, 0.3) is 10.6 Å². The number of aryl methyl sites for hydroxylation is 4. The van der Waals surface area contributed by atoms with Crippen LogP contribution in [0.15, 0.2) is 29.2 Å². The molecular formula is C17H20N4O2S2. The van der Waals surface area contributed by atoms with Crippen molar-refractivity contribution in [1.29, 1.82) is 0 Å². The smallest absolute Gasteiger partial charge is 0.244 e. The number of aromatic amines is 1. The van der Waals surface area contributed by atoms with E-state index in [1.54, 1.807) is 13.8 Å². The second kappa shape index (κ2) is 6.70. The zero-order chi connectivity index (χ0) is 18.2. The Morgan fingerprint density at radius 3 is 2.48 bits per heavy atom. The highest BCUT2D eigenvalue weighted by Gasteiger charge is 2.22. The van der Waals surface area contributed by atoms with E-state index in [-0.39, 0.29) is 11.4 Å². The predicted octanol–water partition coefficient (Wildman–Crippen LogP) is 3.25. The zero-order valence-corrected chi connectivity index (χ0v) is 16.2. The number of hydrogen-bond donors (Lipinski definition) is 2. The van der Waals surface area contributed by atoms with E-state index in [1.807, 2.05) is 38.1 Å². The molecule has 0 aliphatic carbocycles. The molecule has 0 spiro atoms. The van der Waals surface area contributed by atoms with Crippen LogP contribution in [0.3, 0.4) is 0 Å². The molecule has 132 valence electrons. The van der Waals surface area contributed by atoms with Gasteiger partial charge in [-0.1, -0.05) is 24.3 Å². The molecule has 0 aliphatic rings. The number of H-pyrrole nitrogens is 1. The fourth-order valence-electron chi connectivity index (χ4n) is 2.69. The summed E-state index contributed by atoms with van der Waals surface area (Å²) in [6, 6.07) is 8.04. The summed E-state index contributed by atoms with van der Waals surface area (Å²) in [5.74, 6) is 0. The van der Waals surface area contributed by atoms with E-state index in [2.05, 4.69) is 19.9 Å². The van der Waals surface area contributed by atoms with Gasteiger partial charge in [-0.3, -0.25) is 5.10 Å². The van der Waals surface area contributed by atoms with E-state index in [4.69, 9.17) is 0 Å². The second-order valence-electron chi connectivity index (χ2n) is 5.93. The van der Waals surface area contributed by atoms with Gasteiger partial charge in [-0.25, -0.2) is 18.1 Å². The van der Waals surface area contributed by atoms with Crippen molar-refractivity contribution in [3.8, 4) is 10.6 Å². The third-order valence-electron chi connectivity index (χ3n) is 4.02. The minimum Gasteiger partial charge on any atom is -0.281 e. The number of sulfonamides is 1. The van der Waals surface area contributed by atoms with Gasteiger partial charge in [0.25, 0.3) is 0 Å². The van der Waals surface area contributed by atoms with Crippen LogP contribution < -0.4 is 4.72 Å². The summed E-state index contributed by atoms with van der Waals surface area (Å²) in [7, 11) is -3.62. The van der Waals surface area contributed by atoms with Crippen LogP contribution in [0.5, 0.6) is 0 Å². The van der Waals surface area contributed by atoms with Crippen LogP contribution in [-0.2, 0) is 16.6 Å². The monoisotopic (exact) mass is 376 g/mol. The molecule has 3 aromatic rings. The zero-order valence-electron chi connectivity index (χ0n) is 14.5. The van der Waals surface area contributed by atoms with Gasteiger partial charge in [0.1, 0.15) is 9.90 Å². The Labute approximate surface area is 151 Å². The molecule has 8 heteroatoms. The first-order chi connectivity index (χ1) is 11.8. The summed E-state index contributed by atoms with van der Waals surface area (Å²) in [6.07, 6.45) is 0. The summed E-state index contributed by atoms with van der Waals surface area (Å²) in [5, 5.41) is 7.56. The minimum absolute atomic E-state index is 0.210. The lowest BCUT2D eigenvalue weighted by Gasteiger charge is -2.06. The molecule has 0 amide bonds. The van der Waals surface area contributed by atoms with Gasteiger partial charge in [-0.2, -0.15) is 5.10 Å². The van der Waals surface area contributed by atoms with E-state index in [0.717, 1.165) is 26.7 Å². The molecule has 0 radical (unpaired) electrons. The molecule has 2 N–H and O–H groups in total. The minimum atomic E-state index is -3.62. The highest BCUT2D eigenvalue weighted by atomic mass is 32.2.